The topological polar surface area (TPSA) is 56.9 Å². The molecule has 0 bridgehead atoms. The third-order valence-corrected chi connectivity index (χ3v) is 3.41. The van der Waals surface area contributed by atoms with Gasteiger partial charge >= 0.3 is 0 Å². The van der Waals surface area contributed by atoms with Crippen LogP contribution in [0.5, 0.6) is 0 Å². The van der Waals surface area contributed by atoms with Crippen LogP contribution in [0.3, 0.4) is 0 Å². The Morgan fingerprint density at radius 2 is 2.15 bits per heavy atom. The van der Waals surface area contributed by atoms with Crippen LogP contribution < -0.4 is 5.32 Å². The first kappa shape index (κ1) is 14.7. The van der Waals surface area contributed by atoms with Gasteiger partial charge in [0.05, 0.1) is 30.7 Å². The van der Waals surface area contributed by atoms with E-state index in [0.717, 1.165) is 37.6 Å². The summed E-state index contributed by atoms with van der Waals surface area (Å²) in [6.45, 7) is 7.25. The molecule has 0 aliphatic heterocycles. The Balaban J connectivity index is 1.99. The number of ether oxygens (including phenoxy) is 1. The molecule has 1 N–H and O–H groups in total. The molecule has 0 atom stereocenters. The highest BCUT2D eigenvalue weighted by molar-refractivity contribution is 5.18. The lowest BCUT2D eigenvalue weighted by Gasteiger charge is -2.07. The van der Waals surface area contributed by atoms with Gasteiger partial charge in [0.2, 0.25) is 0 Å². The van der Waals surface area contributed by atoms with E-state index in [2.05, 4.69) is 28.5 Å². The summed E-state index contributed by atoms with van der Waals surface area (Å²) in [6.07, 6.45) is 1.93. The van der Waals surface area contributed by atoms with Crippen LogP contribution in [-0.4, -0.2) is 39.8 Å². The first-order chi connectivity index (χ1) is 9.61. The molecule has 2 rings (SSSR count). The van der Waals surface area contributed by atoms with E-state index in [1.807, 2.05) is 29.5 Å². The summed E-state index contributed by atoms with van der Waals surface area (Å²) >= 11 is 0. The van der Waals surface area contributed by atoms with Crippen molar-refractivity contribution in [1.82, 2.24) is 24.9 Å². The van der Waals surface area contributed by atoms with Crippen LogP contribution in [0.4, 0.5) is 0 Å². The van der Waals surface area contributed by atoms with Crippen molar-refractivity contribution < 1.29 is 4.74 Å². The number of aryl methyl sites for hydroxylation is 2. The van der Waals surface area contributed by atoms with Gasteiger partial charge in [-0.1, -0.05) is 0 Å². The highest BCUT2D eigenvalue weighted by atomic mass is 16.5. The van der Waals surface area contributed by atoms with E-state index in [1.165, 1.54) is 11.3 Å². The maximum Gasteiger partial charge on any atom is 0.0831 e. The van der Waals surface area contributed by atoms with Crippen LogP contribution in [0.25, 0.3) is 0 Å². The van der Waals surface area contributed by atoms with E-state index in [9.17, 15) is 0 Å². The lowest BCUT2D eigenvalue weighted by molar-refractivity contribution is 0.199. The van der Waals surface area contributed by atoms with Gasteiger partial charge in [-0.25, -0.2) is 0 Å². The molecule has 0 fully saturated rings. The maximum atomic E-state index is 5.02. The Hall–Kier alpha value is -1.66. The molecule has 0 aliphatic rings. The summed E-state index contributed by atoms with van der Waals surface area (Å²) in [7, 11) is 3.68. The number of rotatable bonds is 7. The second-order valence-corrected chi connectivity index (χ2v) is 4.98. The zero-order valence-electron chi connectivity index (χ0n) is 12.7. The molecule has 2 aromatic rings. The van der Waals surface area contributed by atoms with Crippen molar-refractivity contribution in [3.8, 4) is 0 Å². The lowest BCUT2D eigenvalue weighted by atomic mass is 10.2. The van der Waals surface area contributed by atoms with E-state index < -0.39 is 0 Å². The van der Waals surface area contributed by atoms with Gasteiger partial charge in [0.15, 0.2) is 0 Å². The fourth-order valence-corrected chi connectivity index (χ4v) is 2.18. The number of hydrogen-bond acceptors (Lipinski definition) is 4. The normalized spacial score (nSPS) is 11.2. The van der Waals surface area contributed by atoms with E-state index in [4.69, 9.17) is 4.74 Å². The minimum absolute atomic E-state index is 0.724. The number of methoxy groups -OCH3 is 1. The number of aromatic nitrogens is 4. The molecular formula is C14H23N5O. The monoisotopic (exact) mass is 277 g/mol. The van der Waals surface area contributed by atoms with Crippen molar-refractivity contribution in [3.05, 3.63) is 34.9 Å². The Bertz CT molecular complexity index is 558. The molecule has 0 saturated carbocycles. The summed E-state index contributed by atoms with van der Waals surface area (Å²) < 4.78 is 8.94. The van der Waals surface area contributed by atoms with Crippen LogP contribution in [0.2, 0.25) is 0 Å². The summed E-state index contributed by atoms with van der Waals surface area (Å²) in [5.74, 6) is 0. The molecule has 0 saturated heterocycles. The third-order valence-electron chi connectivity index (χ3n) is 3.41. The number of nitrogens with one attached hydrogen (secondary N) is 1. The van der Waals surface area contributed by atoms with Gasteiger partial charge in [-0.2, -0.15) is 10.2 Å². The molecule has 2 aromatic heterocycles. The largest absolute Gasteiger partial charge is 0.383 e. The predicted octanol–water partition coefficient (Wildman–Crippen LogP) is 1.02. The fourth-order valence-electron chi connectivity index (χ4n) is 2.18. The number of hydrogen-bond donors (Lipinski definition) is 1. The highest BCUT2D eigenvalue weighted by Crippen LogP contribution is 2.10. The van der Waals surface area contributed by atoms with Crippen molar-refractivity contribution in [2.45, 2.75) is 26.9 Å². The van der Waals surface area contributed by atoms with Crippen molar-refractivity contribution in [2.75, 3.05) is 20.3 Å². The van der Waals surface area contributed by atoms with Crippen molar-refractivity contribution >= 4 is 0 Å². The molecule has 0 radical (unpaired) electrons. The van der Waals surface area contributed by atoms with Crippen LogP contribution >= 0.6 is 0 Å². The fraction of sp³-hybridized carbons (Fsp3) is 0.571. The summed E-state index contributed by atoms with van der Waals surface area (Å²) in [5.41, 5.74) is 4.61. The number of nitrogens with zero attached hydrogens (tertiary/aromatic N) is 4. The van der Waals surface area contributed by atoms with Gasteiger partial charge in [-0.15, -0.1) is 0 Å². The molecule has 2 heterocycles. The third kappa shape index (κ3) is 3.46. The highest BCUT2D eigenvalue weighted by Gasteiger charge is 2.09. The molecule has 20 heavy (non-hydrogen) atoms. The maximum absolute atomic E-state index is 5.02. The van der Waals surface area contributed by atoms with E-state index >= 15 is 0 Å². The summed E-state index contributed by atoms with van der Waals surface area (Å²) in [6, 6.07) is 2.09. The molecule has 6 heteroatoms. The Morgan fingerprint density at radius 1 is 1.35 bits per heavy atom. The first-order valence-corrected chi connectivity index (χ1v) is 6.82. The minimum atomic E-state index is 0.724. The van der Waals surface area contributed by atoms with Crippen molar-refractivity contribution in [3.63, 3.8) is 0 Å². The van der Waals surface area contributed by atoms with Gasteiger partial charge < -0.3 is 10.1 Å². The van der Waals surface area contributed by atoms with Crippen LogP contribution in [0.1, 0.15) is 22.6 Å². The summed E-state index contributed by atoms with van der Waals surface area (Å²) in [5, 5.41) is 12.2. The first-order valence-electron chi connectivity index (χ1n) is 6.82. The second-order valence-electron chi connectivity index (χ2n) is 4.98. The van der Waals surface area contributed by atoms with E-state index in [1.54, 1.807) is 7.11 Å². The second kappa shape index (κ2) is 6.67. The molecule has 0 aliphatic carbocycles. The van der Waals surface area contributed by atoms with Crippen LogP contribution in [0, 0.1) is 13.8 Å². The Labute approximate surface area is 119 Å². The standard InChI is InChI=1S/C14H23N5O/c1-11-7-14(18(3)17-11)10-19-12(2)13(9-16-19)8-15-5-6-20-4/h7,9,15H,5-6,8,10H2,1-4H3. The SMILES string of the molecule is COCCNCc1cnn(Cc2cc(C)nn2C)c1C. The smallest absolute Gasteiger partial charge is 0.0831 e. The zero-order chi connectivity index (χ0) is 14.5. The molecule has 0 aromatic carbocycles. The van der Waals surface area contributed by atoms with Gasteiger partial charge in [0.25, 0.3) is 0 Å². The lowest BCUT2D eigenvalue weighted by Crippen LogP contribution is -2.19. The molecule has 6 nitrogen and oxygen atoms in total. The van der Waals surface area contributed by atoms with Gasteiger partial charge in [0, 0.05) is 38.5 Å². The van der Waals surface area contributed by atoms with Crippen LogP contribution in [-0.2, 0) is 24.9 Å². The Morgan fingerprint density at radius 3 is 2.80 bits per heavy atom. The molecule has 110 valence electrons. The van der Waals surface area contributed by atoms with Crippen molar-refractivity contribution in [1.29, 1.82) is 0 Å². The van der Waals surface area contributed by atoms with Gasteiger partial charge in [0.1, 0.15) is 0 Å². The summed E-state index contributed by atoms with van der Waals surface area (Å²) in [4.78, 5) is 0. The van der Waals surface area contributed by atoms with Crippen molar-refractivity contribution in [2.24, 2.45) is 7.05 Å². The minimum Gasteiger partial charge on any atom is -0.383 e. The average molecular weight is 277 g/mol. The molecule has 0 amide bonds. The predicted molar refractivity (Wildman–Crippen MR) is 77.6 cm³/mol. The molecule has 0 spiro atoms. The van der Waals surface area contributed by atoms with Gasteiger partial charge in [-0.05, 0) is 19.9 Å². The van der Waals surface area contributed by atoms with Gasteiger partial charge in [-0.3, -0.25) is 9.36 Å². The van der Waals surface area contributed by atoms with E-state index in [-0.39, 0.29) is 0 Å². The molecular weight excluding hydrogens is 254 g/mol. The molecule has 0 unspecified atom stereocenters. The van der Waals surface area contributed by atoms with E-state index in [0.29, 0.717) is 0 Å². The average Bonchev–Trinajstić information content (AvgIpc) is 2.91. The Kier molecular flexibility index (Phi) is 4.92. The van der Waals surface area contributed by atoms with Crippen LogP contribution in [0.15, 0.2) is 12.3 Å². The quantitative estimate of drug-likeness (QED) is 0.768. The zero-order valence-corrected chi connectivity index (χ0v) is 12.7.